The molecule has 2 aromatic carbocycles. The van der Waals surface area contributed by atoms with Gasteiger partial charge in [0.1, 0.15) is 5.76 Å². The summed E-state index contributed by atoms with van der Waals surface area (Å²) in [7, 11) is 3.89. The highest BCUT2D eigenvalue weighted by atomic mass is 35.5. The summed E-state index contributed by atoms with van der Waals surface area (Å²) >= 11 is 12.2. The largest absolute Gasteiger partial charge is 0.507 e. The van der Waals surface area contributed by atoms with E-state index in [0.29, 0.717) is 34.1 Å². The van der Waals surface area contributed by atoms with Gasteiger partial charge in [-0.05, 0) is 44.8 Å². The molecule has 1 amide bonds. The van der Waals surface area contributed by atoms with Gasteiger partial charge in [-0.15, -0.1) is 0 Å². The summed E-state index contributed by atoms with van der Waals surface area (Å²) in [6.07, 6.45) is 0.684. The van der Waals surface area contributed by atoms with Crippen molar-refractivity contribution < 1.29 is 14.7 Å². The molecule has 1 heterocycles. The van der Waals surface area contributed by atoms with E-state index >= 15 is 0 Å². The number of Topliss-reactive ketones (excluding diaryl/α,β-unsaturated/α-hetero) is 1. The Kier molecular flexibility index (Phi) is 6.63. The number of nitrogens with zero attached hydrogens (tertiary/aromatic N) is 2. The number of ketones is 1. The fourth-order valence-electron chi connectivity index (χ4n) is 3.45. The van der Waals surface area contributed by atoms with E-state index in [-0.39, 0.29) is 11.3 Å². The first-order valence-corrected chi connectivity index (χ1v) is 10.0. The third-order valence-corrected chi connectivity index (χ3v) is 5.59. The van der Waals surface area contributed by atoms with Crippen molar-refractivity contribution in [1.82, 2.24) is 9.80 Å². The van der Waals surface area contributed by atoms with Gasteiger partial charge in [0.2, 0.25) is 0 Å². The zero-order valence-electron chi connectivity index (χ0n) is 16.2. The summed E-state index contributed by atoms with van der Waals surface area (Å²) in [6, 6.07) is 13.0. The molecular weight excluding hydrogens is 411 g/mol. The molecule has 152 valence electrons. The summed E-state index contributed by atoms with van der Waals surface area (Å²) in [6.45, 7) is 1.13. The molecule has 1 fully saturated rings. The second kappa shape index (κ2) is 8.99. The fraction of sp³-hybridized carbons (Fsp3) is 0.273. The van der Waals surface area contributed by atoms with Gasteiger partial charge >= 0.3 is 0 Å². The highest BCUT2D eigenvalue weighted by molar-refractivity contribution is 6.46. The average molecular weight is 433 g/mol. The molecule has 3 rings (SSSR count). The van der Waals surface area contributed by atoms with Crippen LogP contribution in [0, 0.1) is 0 Å². The monoisotopic (exact) mass is 432 g/mol. The number of likely N-dealkylation sites (tertiary alicyclic amines) is 1. The molecule has 7 heteroatoms. The van der Waals surface area contributed by atoms with Crippen molar-refractivity contribution in [3.63, 3.8) is 0 Å². The molecule has 1 aliphatic heterocycles. The van der Waals surface area contributed by atoms with Gasteiger partial charge < -0.3 is 14.9 Å². The van der Waals surface area contributed by atoms with Crippen LogP contribution in [0.25, 0.3) is 5.76 Å². The second-order valence-corrected chi connectivity index (χ2v) is 8.00. The minimum atomic E-state index is -0.730. The Morgan fingerprint density at radius 1 is 1.07 bits per heavy atom. The number of aliphatic hydroxyl groups is 1. The lowest BCUT2D eigenvalue weighted by Gasteiger charge is -2.26. The smallest absolute Gasteiger partial charge is 0.295 e. The van der Waals surface area contributed by atoms with E-state index in [1.807, 2.05) is 25.1 Å². The van der Waals surface area contributed by atoms with Crippen molar-refractivity contribution >= 4 is 40.7 Å². The third-order valence-electron chi connectivity index (χ3n) is 4.85. The maximum Gasteiger partial charge on any atom is 0.295 e. The van der Waals surface area contributed by atoms with Gasteiger partial charge in [0.25, 0.3) is 11.7 Å². The number of aliphatic hydroxyl groups excluding tert-OH is 1. The number of halogens is 2. The minimum absolute atomic E-state index is 0.0597. The number of carbonyl (C=O) groups excluding carboxylic acids is 2. The quantitative estimate of drug-likeness (QED) is 0.418. The normalized spacial score (nSPS) is 18.7. The fourth-order valence-corrected chi connectivity index (χ4v) is 3.75. The van der Waals surface area contributed by atoms with Crippen LogP contribution in [-0.4, -0.2) is 53.8 Å². The summed E-state index contributed by atoms with van der Waals surface area (Å²) in [4.78, 5) is 29.2. The van der Waals surface area contributed by atoms with Crippen molar-refractivity contribution in [3.05, 3.63) is 75.3 Å². The predicted molar refractivity (Wildman–Crippen MR) is 115 cm³/mol. The maximum atomic E-state index is 12.9. The van der Waals surface area contributed by atoms with Crippen molar-refractivity contribution in [2.24, 2.45) is 0 Å². The van der Waals surface area contributed by atoms with E-state index in [0.717, 1.165) is 6.54 Å². The number of rotatable bonds is 6. The molecule has 29 heavy (non-hydrogen) atoms. The Morgan fingerprint density at radius 2 is 1.76 bits per heavy atom. The Balaban J connectivity index is 2.11. The first-order chi connectivity index (χ1) is 13.8. The van der Waals surface area contributed by atoms with Crippen LogP contribution >= 0.6 is 23.2 Å². The van der Waals surface area contributed by atoms with Crippen LogP contribution in [0.5, 0.6) is 0 Å². The number of hydrogen-bond acceptors (Lipinski definition) is 4. The van der Waals surface area contributed by atoms with Crippen LogP contribution in [0.3, 0.4) is 0 Å². The lowest BCUT2D eigenvalue weighted by atomic mass is 9.95. The lowest BCUT2D eigenvalue weighted by molar-refractivity contribution is -0.139. The molecule has 0 aliphatic carbocycles. The highest BCUT2D eigenvalue weighted by Gasteiger charge is 2.45. The Bertz CT molecular complexity index is 958. The van der Waals surface area contributed by atoms with Crippen LogP contribution in [0.2, 0.25) is 10.0 Å². The van der Waals surface area contributed by atoms with E-state index in [1.165, 1.54) is 4.90 Å². The number of amides is 1. The molecule has 1 saturated heterocycles. The maximum absolute atomic E-state index is 12.9. The summed E-state index contributed by atoms with van der Waals surface area (Å²) in [5.41, 5.74) is 1.16. The molecule has 0 saturated carbocycles. The van der Waals surface area contributed by atoms with Crippen LogP contribution in [0.15, 0.2) is 54.1 Å². The summed E-state index contributed by atoms with van der Waals surface area (Å²) in [5, 5.41) is 11.6. The van der Waals surface area contributed by atoms with Crippen molar-refractivity contribution in [1.29, 1.82) is 0 Å². The van der Waals surface area contributed by atoms with E-state index in [1.54, 1.807) is 42.5 Å². The van der Waals surface area contributed by atoms with Crippen LogP contribution in [-0.2, 0) is 9.59 Å². The molecule has 2 aromatic rings. The van der Waals surface area contributed by atoms with Crippen molar-refractivity contribution in [2.45, 2.75) is 12.5 Å². The number of benzene rings is 2. The topological polar surface area (TPSA) is 60.9 Å². The van der Waals surface area contributed by atoms with Gasteiger partial charge in [-0.2, -0.15) is 0 Å². The summed E-state index contributed by atoms with van der Waals surface area (Å²) in [5.74, 6) is -1.53. The van der Waals surface area contributed by atoms with Crippen LogP contribution < -0.4 is 0 Å². The second-order valence-electron chi connectivity index (χ2n) is 7.19. The first-order valence-electron chi connectivity index (χ1n) is 9.24. The average Bonchev–Trinajstić information content (AvgIpc) is 2.95. The molecule has 0 radical (unpaired) electrons. The molecule has 0 spiro atoms. The SMILES string of the molecule is CN(C)CCCN1C(=O)C(=O)/C(=C(/O)c2ccccc2)[C@@H]1c1ccc(Cl)c(Cl)c1. The Hall–Kier alpha value is -2.34. The van der Waals surface area contributed by atoms with E-state index in [9.17, 15) is 14.7 Å². The van der Waals surface area contributed by atoms with Crippen molar-refractivity contribution in [2.75, 3.05) is 27.2 Å². The first kappa shape index (κ1) is 21.4. The van der Waals surface area contributed by atoms with Crippen molar-refractivity contribution in [3.8, 4) is 0 Å². The predicted octanol–water partition coefficient (Wildman–Crippen LogP) is 4.37. The molecule has 0 unspecified atom stereocenters. The molecule has 1 N–H and O–H groups in total. The Labute approximate surface area is 180 Å². The van der Waals surface area contributed by atoms with Gasteiger partial charge in [0.05, 0.1) is 21.7 Å². The van der Waals surface area contributed by atoms with Gasteiger partial charge in [-0.25, -0.2) is 0 Å². The molecule has 1 aliphatic rings. The summed E-state index contributed by atoms with van der Waals surface area (Å²) < 4.78 is 0. The third kappa shape index (κ3) is 4.47. The Morgan fingerprint density at radius 3 is 2.38 bits per heavy atom. The molecule has 0 aromatic heterocycles. The van der Waals surface area contributed by atoms with E-state index < -0.39 is 17.7 Å². The van der Waals surface area contributed by atoms with Gasteiger partial charge in [0.15, 0.2) is 0 Å². The van der Waals surface area contributed by atoms with Crippen LogP contribution in [0.1, 0.15) is 23.6 Å². The van der Waals surface area contributed by atoms with Gasteiger partial charge in [0, 0.05) is 12.1 Å². The highest BCUT2D eigenvalue weighted by Crippen LogP contribution is 2.40. The van der Waals surface area contributed by atoms with Gasteiger partial charge in [-0.1, -0.05) is 59.6 Å². The number of hydrogen-bond donors (Lipinski definition) is 1. The standard InChI is InChI=1S/C22H22Cl2N2O3/c1-25(2)11-6-12-26-19(15-9-10-16(23)17(24)13-15)18(21(28)22(26)29)20(27)14-7-4-3-5-8-14/h3-5,7-10,13,19,27H,6,11-12H2,1-2H3/b20-18+/t19-/m0/s1. The lowest BCUT2D eigenvalue weighted by Crippen LogP contribution is -2.32. The number of carbonyl (C=O) groups is 2. The zero-order valence-corrected chi connectivity index (χ0v) is 17.7. The molecular formula is C22H22Cl2N2O3. The van der Waals surface area contributed by atoms with Gasteiger partial charge in [-0.3, -0.25) is 9.59 Å². The molecule has 1 atom stereocenters. The van der Waals surface area contributed by atoms with E-state index in [4.69, 9.17) is 23.2 Å². The van der Waals surface area contributed by atoms with Crippen LogP contribution in [0.4, 0.5) is 0 Å². The minimum Gasteiger partial charge on any atom is -0.507 e. The molecule has 5 nitrogen and oxygen atoms in total. The molecule has 0 bridgehead atoms. The van der Waals surface area contributed by atoms with E-state index in [2.05, 4.69) is 0 Å². The zero-order chi connectivity index (χ0) is 21.1.